The predicted molar refractivity (Wildman–Crippen MR) is 208 cm³/mol. The highest BCUT2D eigenvalue weighted by Crippen LogP contribution is 2.48. The van der Waals surface area contributed by atoms with Gasteiger partial charge >= 0.3 is 0 Å². The Labute approximate surface area is 286 Å². The second-order valence-corrected chi connectivity index (χ2v) is 12.9. The Morgan fingerprint density at radius 1 is 0.400 bits per heavy atom. The molecule has 0 spiro atoms. The maximum Gasteiger partial charge on any atom is 0.143 e. The monoisotopic (exact) mass is 640 g/mol. The number of furan rings is 2. The number of benzene rings is 8. The number of hydrogen-bond acceptors (Lipinski definition) is 3. The van der Waals surface area contributed by atoms with Crippen molar-refractivity contribution in [1.29, 1.82) is 0 Å². The lowest BCUT2D eigenvalue weighted by Gasteiger charge is -2.27. The number of para-hydroxylation sites is 3. The van der Waals surface area contributed by atoms with Gasteiger partial charge in [-0.25, -0.2) is 0 Å². The Morgan fingerprint density at radius 3 is 1.74 bits per heavy atom. The highest BCUT2D eigenvalue weighted by atomic mass is 16.3. The Hall–Kier alpha value is -6.78. The van der Waals surface area contributed by atoms with Gasteiger partial charge in [-0.1, -0.05) is 103 Å². The summed E-state index contributed by atoms with van der Waals surface area (Å²) in [5.41, 5.74) is 10.0. The Kier molecular flexibility index (Phi) is 5.63. The first-order valence-corrected chi connectivity index (χ1v) is 16.9. The summed E-state index contributed by atoms with van der Waals surface area (Å²) in [6, 6.07) is 60.0. The lowest BCUT2D eigenvalue weighted by atomic mass is 10.0. The van der Waals surface area contributed by atoms with Crippen molar-refractivity contribution in [2.24, 2.45) is 0 Å². The van der Waals surface area contributed by atoms with E-state index in [-0.39, 0.29) is 0 Å². The van der Waals surface area contributed by atoms with E-state index in [0.29, 0.717) is 0 Å². The smallest absolute Gasteiger partial charge is 0.143 e. The molecule has 4 nitrogen and oxygen atoms in total. The van der Waals surface area contributed by atoms with Gasteiger partial charge in [-0.2, -0.15) is 0 Å². The van der Waals surface area contributed by atoms with Crippen LogP contribution < -0.4 is 4.90 Å². The molecule has 8 aromatic carbocycles. The summed E-state index contributed by atoms with van der Waals surface area (Å²) in [5, 5.41) is 9.05. The van der Waals surface area contributed by atoms with Crippen molar-refractivity contribution in [1.82, 2.24) is 4.57 Å². The van der Waals surface area contributed by atoms with Crippen molar-refractivity contribution in [2.75, 3.05) is 4.90 Å². The van der Waals surface area contributed by atoms with Crippen molar-refractivity contribution in [3.8, 4) is 5.69 Å². The summed E-state index contributed by atoms with van der Waals surface area (Å²) in [7, 11) is 0. The van der Waals surface area contributed by atoms with Crippen LogP contribution in [-0.4, -0.2) is 4.57 Å². The third-order valence-corrected chi connectivity index (χ3v) is 10.2. The van der Waals surface area contributed by atoms with Crippen LogP contribution in [0.5, 0.6) is 0 Å². The fraction of sp³-hybridized carbons (Fsp3) is 0. The topological polar surface area (TPSA) is 34.5 Å². The number of rotatable bonds is 4. The maximum absolute atomic E-state index is 6.70. The molecule has 0 aliphatic carbocycles. The van der Waals surface area contributed by atoms with E-state index >= 15 is 0 Å². The zero-order chi connectivity index (χ0) is 32.8. The Bertz CT molecular complexity index is 3070. The Morgan fingerprint density at radius 2 is 0.980 bits per heavy atom. The molecule has 0 fully saturated rings. The van der Waals surface area contributed by atoms with Crippen LogP contribution in [0.15, 0.2) is 179 Å². The van der Waals surface area contributed by atoms with Gasteiger partial charge in [0.25, 0.3) is 0 Å². The normalized spacial score (nSPS) is 12.0. The molecule has 50 heavy (non-hydrogen) atoms. The van der Waals surface area contributed by atoms with Gasteiger partial charge in [0.1, 0.15) is 22.3 Å². The molecule has 11 aromatic rings. The van der Waals surface area contributed by atoms with Crippen molar-refractivity contribution in [3.05, 3.63) is 170 Å². The summed E-state index contributed by atoms with van der Waals surface area (Å²) in [5.74, 6) is 0. The SMILES string of the molecule is c1cc(N(c2cccc3oc4ccccc4c23)c2cccc3oc4c5ccccc5ccc4c23)cc(-n2c3ccccc3c3ccccc32)c1. The van der Waals surface area contributed by atoms with E-state index in [0.717, 1.165) is 77.4 Å². The number of hydrogen-bond donors (Lipinski definition) is 0. The highest BCUT2D eigenvalue weighted by Gasteiger charge is 2.24. The lowest BCUT2D eigenvalue weighted by molar-refractivity contribution is 0.669. The van der Waals surface area contributed by atoms with Gasteiger partial charge in [0.05, 0.1) is 33.2 Å². The van der Waals surface area contributed by atoms with Crippen LogP contribution in [-0.2, 0) is 0 Å². The summed E-state index contributed by atoms with van der Waals surface area (Å²) in [4.78, 5) is 2.38. The average molecular weight is 641 g/mol. The molecular weight excluding hydrogens is 613 g/mol. The summed E-state index contributed by atoms with van der Waals surface area (Å²) < 4.78 is 15.5. The van der Waals surface area contributed by atoms with Crippen LogP contribution in [0.3, 0.4) is 0 Å². The lowest BCUT2D eigenvalue weighted by Crippen LogP contribution is -2.11. The standard InChI is InChI=1S/C46H28N2O2/c1-2-15-32-29(12-1)26-27-36-45-40(22-11-25-43(45)50-46(32)36)48(39-21-10-24-42-44(39)35-18-5-8-23-41(35)49-42)31-14-9-13-30(28-31)47-37-19-6-3-16-33(37)34-17-4-7-20-38(34)47/h1-28H. The molecule has 3 heterocycles. The fourth-order valence-electron chi connectivity index (χ4n) is 8.04. The van der Waals surface area contributed by atoms with Gasteiger partial charge in [0, 0.05) is 38.3 Å². The van der Waals surface area contributed by atoms with Crippen molar-refractivity contribution >= 4 is 93.5 Å². The van der Waals surface area contributed by atoms with Crippen molar-refractivity contribution < 1.29 is 8.83 Å². The van der Waals surface area contributed by atoms with E-state index in [1.165, 1.54) is 21.8 Å². The second-order valence-electron chi connectivity index (χ2n) is 12.9. The quantitative estimate of drug-likeness (QED) is 0.192. The van der Waals surface area contributed by atoms with Gasteiger partial charge in [-0.15, -0.1) is 0 Å². The number of fused-ring (bicyclic) bond motifs is 11. The van der Waals surface area contributed by atoms with Crippen LogP contribution in [0.4, 0.5) is 17.1 Å². The molecule has 0 amide bonds. The van der Waals surface area contributed by atoms with E-state index < -0.39 is 0 Å². The molecule has 0 saturated heterocycles. The second kappa shape index (κ2) is 10.4. The Balaban J connectivity index is 1.24. The zero-order valence-corrected chi connectivity index (χ0v) is 26.9. The first-order valence-electron chi connectivity index (χ1n) is 16.9. The summed E-state index contributed by atoms with van der Waals surface area (Å²) in [6.45, 7) is 0. The molecule has 3 aromatic heterocycles. The fourth-order valence-corrected chi connectivity index (χ4v) is 8.04. The van der Waals surface area contributed by atoms with E-state index in [9.17, 15) is 0 Å². The largest absolute Gasteiger partial charge is 0.456 e. The van der Waals surface area contributed by atoms with Gasteiger partial charge in [0.2, 0.25) is 0 Å². The van der Waals surface area contributed by atoms with Crippen LogP contribution >= 0.6 is 0 Å². The van der Waals surface area contributed by atoms with Crippen LogP contribution in [0.1, 0.15) is 0 Å². The molecule has 0 unspecified atom stereocenters. The number of anilines is 3. The van der Waals surface area contributed by atoms with E-state index in [1.807, 2.05) is 12.1 Å². The van der Waals surface area contributed by atoms with Crippen LogP contribution in [0.2, 0.25) is 0 Å². The molecule has 234 valence electrons. The molecule has 11 rings (SSSR count). The maximum atomic E-state index is 6.70. The van der Waals surface area contributed by atoms with Gasteiger partial charge in [-0.05, 0) is 72.1 Å². The zero-order valence-electron chi connectivity index (χ0n) is 26.9. The molecular formula is C46H28N2O2. The van der Waals surface area contributed by atoms with E-state index in [2.05, 4.69) is 167 Å². The van der Waals surface area contributed by atoms with Gasteiger partial charge in [-0.3, -0.25) is 0 Å². The summed E-state index contributed by atoms with van der Waals surface area (Å²) >= 11 is 0. The number of nitrogens with zero attached hydrogens (tertiary/aromatic N) is 2. The predicted octanol–water partition coefficient (Wildman–Crippen LogP) is 13.2. The summed E-state index contributed by atoms with van der Waals surface area (Å²) in [6.07, 6.45) is 0. The van der Waals surface area contributed by atoms with Gasteiger partial charge < -0.3 is 18.3 Å². The molecule has 0 atom stereocenters. The minimum atomic E-state index is 0.849. The number of aromatic nitrogens is 1. The minimum Gasteiger partial charge on any atom is -0.456 e. The van der Waals surface area contributed by atoms with Crippen molar-refractivity contribution in [2.45, 2.75) is 0 Å². The van der Waals surface area contributed by atoms with Crippen LogP contribution in [0.25, 0.3) is 82.1 Å². The minimum absolute atomic E-state index is 0.849. The molecule has 0 N–H and O–H groups in total. The van der Waals surface area contributed by atoms with E-state index in [1.54, 1.807) is 0 Å². The first-order chi connectivity index (χ1) is 24.8. The molecule has 0 saturated carbocycles. The van der Waals surface area contributed by atoms with Crippen LogP contribution in [0, 0.1) is 0 Å². The molecule has 4 heteroatoms. The molecule has 0 aliphatic heterocycles. The first kappa shape index (κ1) is 27.2. The van der Waals surface area contributed by atoms with E-state index in [4.69, 9.17) is 8.83 Å². The molecule has 0 aliphatic rings. The highest BCUT2D eigenvalue weighted by molar-refractivity contribution is 6.21. The van der Waals surface area contributed by atoms with Crippen molar-refractivity contribution in [3.63, 3.8) is 0 Å². The average Bonchev–Trinajstić information content (AvgIpc) is 3.85. The molecule has 0 radical (unpaired) electrons. The molecule has 0 bridgehead atoms. The van der Waals surface area contributed by atoms with Gasteiger partial charge in [0.15, 0.2) is 0 Å². The third kappa shape index (κ3) is 3.81. The third-order valence-electron chi connectivity index (χ3n) is 10.2.